The van der Waals surface area contributed by atoms with Gasteiger partial charge in [-0.25, -0.2) is 9.78 Å². The smallest absolute Gasteiger partial charge is 0.319 e. The number of carbonyl (C=O) groups is 1. The number of anilines is 1. The second-order valence-electron chi connectivity index (χ2n) is 4.47. The minimum Gasteiger partial charge on any atom is -0.334 e. The Balaban J connectivity index is 1.87. The number of amides is 2. The molecule has 2 aromatic rings. The number of thioether (sulfide) groups is 1. The lowest BCUT2D eigenvalue weighted by atomic mass is 10.3. The molecule has 1 aromatic carbocycles. The second-order valence-corrected chi connectivity index (χ2v) is 5.72. The molecule has 0 fully saturated rings. The van der Waals surface area contributed by atoms with Crippen LogP contribution in [0.25, 0.3) is 0 Å². The van der Waals surface area contributed by atoms with Crippen molar-refractivity contribution in [2.75, 3.05) is 11.6 Å². The number of nitrogens with one attached hydrogen (secondary N) is 2. The molecule has 0 saturated carbocycles. The zero-order chi connectivity index (χ0) is 15.2. The molecule has 6 nitrogen and oxygen atoms in total. The van der Waals surface area contributed by atoms with Gasteiger partial charge in [0.05, 0.1) is 11.6 Å². The molecule has 0 spiro atoms. The summed E-state index contributed by atoms with van der Waals surface area (Å²) in [4.78, 5) is 16.7. The van der Waals surface area contributed by atoms with Gasteiger partial charge < -0.3 is 10.6 Å². The molecule has 21 heavy (non-hydrogen) atoms. The van der Waals surface area contributed by atoms with Gasteiger partial charge >= 0.3 is 6.03 Å². The summed E-state index contributed by atoms with van der Waals surface area (Å²) in [5.74, 6) is 0. The Morgan fingerprint density at radius 3 is 2.95 bits per heavy atom. The van der Waals surface area contributed by atoms with Crippen LogP contribution >= 0.6 is 23.4 Å². The van der Waals surface area contributed by atoms with Crippen LogP contribution in [-0.4, -0.2) is 33.1 Å². The highest BCUT2D eigenvalue weighted by Gasteiger charge is 2.09. The lowest BCUT2D eigenvalue weighted by Crippen LogP contribution is -2.38. The first-order valence-electron chi connectivity index (χ1n) is 6.32. The SMILES string of the molecule is CSc1ccc(NC(=O)NC(C)Cn2cncn2)cc1Cl. The van der Waals surface area contributed by atoms with Crippen molar-refractivity contribution in [3.05, 3.63) is 35.9 Å². The summed E-state index contributed by atoms with van der Waals surface area (Å²) in [6.07, 6.45) is 5.02. The highest BCUT2D eigenvalue weighted by atomic mass is 35.5. The molecule has 0 aliphatic rings. The predicted molar refractivity (Wildman–Crippen MR) is 84.9 cm³/mol. The van der Waals surface area contributed by atoms with Gasteiger partial charge in [-0.1, -0.05) is 11.6 Å². The van der Waals surface area contributed by atoms with Crippen LogP contribution in [-0.2, 0) is 6.54 Å². The fraction of sp³-hybridized carbons (Fsp3) is 0.308. The number of hydrogen-bond donors (Lipinski definition) is 2. The Labute approximate surface area is 132 Å². The Hall–Kier alpha value is -1.73. The number of aromatic nitrogens is 3. The molecule has 1 atom stereocenters. The van der Waals surface area contributed by atoms with Crippen LogP contribution in [0.3, 0.4) is 0 Å². The molecule has 1 unspecified atom stereocenters. The molecule has 2 rings (SSSR count). The minimum atomic E-state index is -0.282. The van der Waals surface area contributed by atoms with Crippen molar-refractivity contribution in [2.24, 2.45) is 0 Å². The topological polar surface area (TPSA) is 71.8 Å². The van der Waals surface area contributed by atoms with Gasteiger partial charge in [0, 0.05) is 16.6 Å². The van der Waals surface area contributed by atoms with Crippen molar-refractivity contribution in [1.29, 1.82) is 0 Å². The molecule has 1 heterocycles. The number of carbonyl (C=O) groups excluding carboxylic acids is 1. The van der Waals surface area contributed by atoms with Gasteiger partial charge in [-0.2, -0.15) is 5.10 Å². The average Bonchev–Trinajstić information content (AvgIpc) is 2.91. The number of halogens is 1. The Bertz CT molecular complexity index is 605. The highest BCUT2D eigenvalue weighted by molar-refractivity contribution is 7.98. The van der Waals surface area contributed by atoms with Crippen molar-refractivity contribution < 1.29 is 4.79 Å². The van der Waals surface area contributed by atoms with E-state index in [1.165, 1.54) is 6.33 Å². The van der Waals surface area contributed by atoms with E-state index in [1.807, 2.05) is 25.3 Å². The Morgan fingerprint density at radius 1 is 1.52 bits per heavy atom. The highest BCUT2D eigenvalue weighted by Crippen LogP contribution is 2.27. The lowest BCUT2D eigenvalue weighted by Gasteiger charge is -2.14. The van der Waals surface area contributed by atoms with Crippen LogP contribution in [0.2, 0.25) is 5.02 Å². The number of benzene rings is 1. The summed E-state index contributed by atoms with van der Waals surface area (Å²) in [5.41, 5.74) is 0.656. The molecule has 8 heteroatoms. The van der Waals surface area contributed by atoms with E-state index in [1.54, 1.807) is 28.8 Å². The summed E-state index contributed by atoms with van der Waals surface area (Å²) in [6.45, 7) is 2.45. The maximum Gasteiger partial charge on any atom is 0.319 e. The summed E-state index contributed by atoms with van der Waals surface area (Å²) in [7, 11) is 0. The first kappa shape index (κ1) is 15.7. The van der Waals surface area contributed by atoms with E-state index in [2.05, 4.69) is 20.7 Å². The summed E-state index contributed by atoms with van der Waals surface area (Å²) in [5, 5.41) is 10.2. The standard InChI is InChI=1S/C13H16ClN5OS/c1-9(6-19-8-15-7-16-19)17-13(20)18-10-3-4-12(21-2)11(14)5-10/h3-5,7-9H,6H2,1-2H3,(H2,17,18,20). The first-order valence-corrected chi connectivity index (χ1v) is 7.92. The van der Waals surface area contributed by atoms with Gasteiger partial charge in [-0.3, -0.25) is 4.68 Å². The molecular weight excluding hydrogens is 310 g/mol. The van der Waals surface area contributed by atoms with E-state index < -0.39 is 0 Å². The van der Waals surface area contributed by atoms with Crippen molar-refractivity contribution in [2.45, 2.75) is 24.4 Å². The summed E-state index contributed by atoms with van der Waals surface area (Å²) < 4.78 is 1.66. The largest absolute Gasteiger partial charge is 0.334 e. The minimum absolute atomic E-state index is 0.0763. The van der Waals surface area contributed by atoms with Gasteiger partial charge in [0.15, 0.2) is 0 Å². The van der Waals surface area contributed by atoms with Crippen LogP contribution in [0, 0.1) is 0 Å². The molecule has 0 aliphatic heterocycles. The monoisotopic (exact) mass is 325 g/mol. The summed E-state index contributed by atoms with van der Waals surface area (Å²) >= 11 is 7.66. The molecule has 1 aromatic heterocycles. The van der Waals surface area contributed by atoms with Gasteiger partial charge in [0.1, 0.15) is 12.7 Å². The fourth-order valence-corrected chi connectivity index (χ4v) is 2.66. The van der Waals surface area contributed by atoms with Crippen LogP contribution in [0.1, 0.15) is 6.92 Å². The lowest BCUT2D eigenvalue weighted by molar-refractivity contribution is 0.247. The quantitative estimate of drug-likeness (QED) is 0.829. The fourth-order valence-electron chi connectivity index (χ4n) is 1.79. The van der Waals surface area contributed by atoms with E-state index in [0.717, 1.165) is 4.90 Å². The van der Waals surface area contributed by atoms with Crippen molar-refractivity contribution >= 4 is 35.1 Å². The average molecular weight is 326 g/mol. The second kappa shape index (κ2) is 7.33. The molecule has 2 N–H and O–H groups in total. The van der Waals surface area contributed by atoms with Gasteiger partial charge in [0.2, 0.25) is 0 Å². The van der Waals surface area contributed by atoms with Crippen molar-refractivity contribution in [1.82, 2.24) is 20.1 Å². The molecular formula is C13H16ClN5OS. The Morgan fingerprint density at radius 2 is 2.33 bits per heavy atom. The molecule has 0 aliphatic carbocycles. The zero-order valence-electron chi connectivity index (χ0n) is 11.7. The van der Waals surface area contributed by atoms with Gasteiger partial charge in [-0.15, -0.1) is 11.8 Å². The predicted octanol–water partition coefficient (Wildman–Crippen LogP) is 2.86. The molecule has 2 amide bonds. The Kier molecular flexibility index (Phi) is 5.46. The van der Waals surface area contributed by atoms with E-state index in [4.69, 9.17) is 11.6 Å². The van der Waals surface area contributed by atoms with Crippen LogP contribution < -0.4 is 10.6 Å². The van der Waals surface area contributed by atoms with Crippen LogP contribution in [0.15, 0.2) is 35.7 Å². The van der Waals surface area contributed by atoms with E-state index in [-0.39, 0.29) is 12.1 Å². The van der Waals surface area contributed by atoms with Gasteiger partial charge in [0.25, 0.3) is 0 Å². The molecule has 0 saturated heterocycles. The molecule has 0 radical (unpaired) electrons. The van der Waals surface area contributed by atoms with E-state index >= 15 is 0 Å². The van der Waals surface area contributed by atoms with Crippen molar-refractivity contribution in [3.8, 4) is 0 Å². The molecule has 112 valence electrons. The first-order chi connectivity index (χ1) is 10.1. The van der Waals surface area contributed by atoms with E-state index in [9.17, 15) is 4.79 Å². The molecule has 0 bridgehead atoms. The van der Waals surface area contributed by atoms with E-state index in [0.29, 0.717) is 17.3 Å². The summed E-state index contributed by atoms with van der Waals surface area (Å²) in [6, 6.07) is 5.07. The van der Waals surface area contributed by atoms with Gasteiger partial charge in [-0.05, 0) is 31.4 Å². The number of nitrogens with zero attached hydrogens (tertiary/aromatic N) is 3. The maximum absolute atomic E-state index is 11.9. The zero-order valence-corrected chi connectivity index (χ0v) is 13.3. The third kappa shape index (κ3) is 4.64. The van der Waals surface area contributed by atoms with Crippen molar-refractivity contribution in [3.63, 3.8) is 0 Å². The normalized spacial score (nSPS) is 12.0. The number of urea groups is 1. The number of hydrogen-bond acceptors (Lipinski definition) is 4. The maximum atomic E-state index is 11.9. The van der Waals surface area contributed by atoms with Crippen LogP contribution in [0.5, 0.6) is 0 Å². The number of rotatable bonds is 5. The van der Waals surface area contributed by atoms with Crippen LogP contribution in [0.4, 0.5) is 10.5 Å². The third-order valence-corrected chi connectivity index (χ3v) is 3.94. The third-order valence-electron chi connectivity index (χ3n) is 2.71.